The minimum Gasteiger partial charge on any atom is -0.377 e. The van der Waals surface area contributed by atoms with E-state index in [1.165, 1.54) is 0 Å². The minimum absolute atomic E-state index is 0.0670. The first-order valence-corrected chi connectivity index (χ1v) is 11.6. The standard InChI is InChI=1S/C25H41N3O5/c1-18(2)33-16-15-26-24(31)22(25(4,5)6)27-23(30)21(19(3)28(32)17-29)14-10-13-20-11-8-7-9-12-20/h7-9,11-12,17-19,21-22,32H,10,13-16H2,1-6H3,(H,26,31)(H,27,30). The number of carbonyl (C=O) groups excluding carboxylic acids is 3. The number of nitrogens with zero attached hydrogens (tertiary/aromatic N) is 1. The van der Waals surface area contributed by atoms with Crippen molar-refractivity contribution in [3.8, 4) is 0 Å². The molecule has 3 atom stereocenters. The fraction of sp³-hybridized carbons (Fsp3) is 0.640. The van der Waals surface area contributed by atoms with Crippen LogP contribution in [-0.2, 0) is 25.5 Å². The van der Waals surface area contributed by atoms with Gasteiger partial charge in [0.25, 0.3) is 0 Å². The normalized spacial score (nSPS) is 14.3. The lowest BCUT2D eigenvalue weighted by molar-refractivity contribution is -0.166. The minimum atomic E-state index is -0.781. The van der Waals surface area contributed by atoms with Crippen molar-refractivity contribution in [2.45, 2.75) is 79.0 Å². The summed E-state index contributed by atoms with van der Waals surface area (Å²) in [4.78, 5) is 37.2. The summed E-state index contributed by atoms with van der Waals surface area (Å²) in [5, 5.41) is 16.2. The Kier molecular flexibility index (Phi) is 12.1. The molecule has 0 aliphatic heterocycles. The molecule has 0 saturated carbocycles. The number of aryl methyl sites for hydroxylation is 1. The van der Waals surface area contributed by atoms with Gasteiger partial charge in [-0.1, -0.05) is 51.1 Å². The summed E-state index contributed by atoms with van der Waals surface area (Å²) in [5.41, 5.74) is 0.608. The maximum absolute atomic E-state index is 13.3. The lowest BCUT2D eigenvalue weighted by Crippen LogP contribution is -2.56. The number of hydrogen-bond acceptors (Lipinski definition) is 5. The molecule has 0 fully saturated rings. The van der Waals surface area contributed by atoms with Gasteiger partial charge in [0.15, 0.2) is 0 Å². The van der Waals surface area contributed by atoms with Crippen LogP contribution >= 0.6 is 0 Å². The second-order valence-electron chi connectivity index (χ2n) is 9.73. The topological polar surface area (TPSA) is 108 Å². The Balaban J connectivity index is 2.87. The van der Waals surface area contributed by atoms with Crippen molar-refractivity contribution in [2.75, 3.05) is 13.2 Å². The van der Waals surface area contributed by atoms with Crippen LogP contribution in [-0.4, -0.2) is 59.8 Å². The van der Waals surface area contributed by atoms with Gasteiger partial charge in [-0.2, -0.15) is 0 Å². The molecule has 8 nitrogen and oxygen atoms in total. The molecule has 1 aromatic carbocycles. The van der Waals surface area contributed by atoms with E-state index in [1.54, 1.807) is 6.92 Å². The fourth-order valence-electron chi connectivity index (χ4n) is 3.54. The van der Waals surface area contributed by atoms with Crippen LogP contribution in [0.25, 0.3) is 0 Å². The number of ether oxygens (including phenoxy) is 1. The van der Waals surface area contributed by atoms with Crippen molar-refractivity contribution in [1.82, 2.24) is 15.7 Å². The quantitative estimate of drug-likeness (QED) is 0.170. The molecule has 0 heterocycles. The van der Waals surface area contributed by atoms with Crippen LogP contribution in [0.5, 0.6) is 0 Å². The largest absolute Gasteiger partial charge is 0.377 e. The highest BCUT2D eigenvalue weighted by atomic mass is 16.5. The summed E-state index contributed by atoms with van der Waals surface area (Å²) in [6.45, 7) is 11.8. The average Bonchev–Trinajstić information content (AvgIpc) is 2.76. The third-order valence-corrected chi connectivity index (χ3v) is 5.54. The molecule has 1 aromatic rings. The van der Waals surface area contributed by atoms with Crippen LogP contribution < -0.4 is 10.6 Å². The highest BCUT2D eigenvalue weighted by Gasteiger charge is 2.36. The molecule has 3 N–H and O–H groups in total. The van der Waals surface area contributed by atoms with Crippen molar-refractivity contribution in [3.05, 3.63) is 35.9 Å². The molecule has 0 radical (unpaired) electrons. The molecule has 33 heavy (non-hydrogen) atoms. The summed E-state index contributed by atoms with van der Waals surface area (Å²) in [6.07, 6.45) is 2.27. The summed E-state index contributed by atoms with van der Waals surface area (Å²) in [7, 11) is 0. The van der Waals surface area contributed by atoms with E-state index in [-0.39, 0.29) is 17.9 Å². The van der Waals surface area contributed by atoms with E-state index in [0.29, 0.717) is 37.5 Å². The summed E-state index contributed by atoms with van der Waals surface area (Å²) in [5.74, 6) is -1.34. The molecular formula is C25H41N3O5. The summed E-state index contributed by atoms with van der Waals surface area (Å²) < 4.78 is 5.46. The maximum atomic E-state index is 13.3. The second-order valence-corrected chi connectivity index (χ2v) is 9.73. The van der Waals surface area contributed by atoms with Crippen LogP contribution in [0.2, 0.25) is 0 Å². The van der Waals surface area contributed by atoms with E-state index in [9.17, 15) is 19.6 Å². The number of carbonyl (C=O) groups is 3. The first-order chi connectivity index (χ1) is 15.5. The van der Waals surface area contributed by atoms with E-state index in [1.807, 2.05) is 65.0 Å². The van der Waals surface area contributed by atoms with E-state index >= 15 is 0 Å². The number of hydrogen-bond donors (Lipinski definition) is 3. The van der Waals surface area contributed by atoms with Gasteiger partial charge in [0.2, 0.25) is 18.2 Å². The Hall–Kier alpha value is -2.45. The van der Waals surface area contributed by atoms with Gasteiger partial charge in [-0.25, -0.2) is 5.06 Å². The zero-order valence-corrected chi connectivity index (χ0v) is 20.8. The van der Waals surface area contributed by atoms with E-state index in [4.69, 9.17) is 4.74 Å². The first kappa shape index (κ1) is 28.6. The van der Waals surface area contributed by atoms with Gasteiger partial charge in [-0.05, 0) is 51.0 Å². The molecule has 3 amide bonds. The van der Waals surface area contributed by atoms with Crippen LogP contribution in [0.4, 0.5) is 0 Å². The third kappa shape index (κ3) is 10.4. The highest BCUT2D eigenvalue weighted by molar-refractivity contribution is 5.89. The molecular weight excluding hydrogens is 422 g/mol. The zero-order chi connectivity index (χ0) is 25.0. The molecule has 0 aromatic heterocycles. The van der Waals surface area contributed by atoms with Gasteiger partial charge in [0.05, 0.1) is 24.7 Å². The molecule has 8 heteroatoms. The summed E-state index contributed by atoms with van der Waals surface area (Å²) >= 11 is 0. The Morgan fingerprint density at radius 2 is 1.76 bits per heavy atom. The van der Waals surface area contributed by atoms with Crippen molar-refractivity contribution < 1.29 is 24.3 Å². The van der Waals surface area contributed by atoms with E-state index in [0.717, 1.165) is 12.0 Å². The Morgan fingerprint density at radius 1 is 1.12 bits per heavy atom. The Labute approximate surface area is 198 Å². The van der Waals surface area contributed by atoms with Gasteiger partial charge in [-0.15, -0.1) is 0 Å². The number of benzene rings is 1. The first-order valence-electron chi connectivity index (χ1n) is 11.6. The smallest absolute Gasteiger partial charge is 0.243 e. The van der Waals surface area contributed by atoms with Gasteiger partial charge in [0.1, 0.15) is 6.04 Å². The second kappa shape index (κ2) is 14.0. The third-order valence-electron chi connectivity index (χ3n) is 5.54. The predicted molar refractivity (Wildman–Crippen MR) is 128 cm³/mol. The molecule has 1 rings (SSSR count). The van der Waals surface area contributed by atoms with Crippen molar-refractivity contribution >= 4 is 18.2 Å². The number of nitrogens with one attached hydrogen (secondary N) is 2. The van der Waals surface area contributed by atoms with Gasteiger partial charge >= 0.3 is 0 Å². The number of rotatable bonds is 14. The van der Waals surface area contributed by atoms with Crippen molar-refractivity contribution in [2.24, 2.45) is 11.3 Å². The molecule has 0 aliphatic rings. The zero-order valence-electron chi connectivity index (χ0n) is 20.8. The van der Waals surface area contributed by atoms with E-state index in [2.05, 4.69) is 10.6 Å². The lowest BCUT2D eigenvalue weighted by atomic mass is 9.84. The Bertz CT molecular complexity index is 733. The predicted octanol–water partition coefficient (Wildman–Crippen LogP) is 2.93. The number of hydroxylamine groups is 2. The molecule has 186 valence electrons. The van der Waals surface area contributed by atoms with Crippen LogP contribution in [0.1, 0.15) is 59.9 Å². The molecule has 0 saturated heterocycles. The fourth-order valence-corrected chi connectivity index (χ4v) is 3.54. The maximum Gasteiger partial charge on any atom is 0.243 e. The van der Waals surface area contributed by atoms with Gasteiger partial charge < -0.3 is 15.4 Å². The highest BCUT2D eigenvalue weighted by Crippen LogP contribution is 2.23. The van der Waals surface area contributed by atoms with Crippen molar-refractivity contribution in [3.63, 3.8) is 0 Å². The molecule has 3 unspecified atom stereocenters. The molecule has 0 spiro atoms. The van der Waals surface area contributed by atoms with Crippen LogP contribution in [0.3, 0.4) is 0 Å². The SMILES string of the molecule is CC(C)OCCNC(=O)C(NC(=O)C(CCCc1ccccc1)C(C)N(O)C=O)C(C)(C)C. The lowest BCUT2D eigenvalue weighted by Gasteiger charge is -2.33. The molecule has 0 aliphatic carbocycles. The van der Waals surface area contributed by atoms with Crippen LogP contribution in [0, 0.1) is 11.3 Å². The summed E-state index contributed by atoms with van der Waals surface area (Å²) in [6, 6.07) is 8.39. The average molecular weight is 464 g/mol. The van der Waals surface area contributed by atoms with Crippen LogP contribution in [0.15, 0.2) is 30.3 Å². The van der Waals surface area contributed by atoms with Gasteiger partial charge in [0, 0.05) is 6.54 Å². The monoisotopic (exact) mass is 463 g/mol. The van der Waals surface area contributed by atoms with Gasteiger partial charge in [-0.3, -0.25) is 19.6 Å². The van der Waals surface area contributed by atoms with Crippen molar-refractivity contribution in [1.29, 1.82) is 0 Å². The number of amides is 3. The Morgan fingerprint density at radius 3 is 2.30 bits per heavy atom. The van der Waals surface area contributed by atoms with E-state index < -0.39 is 23.4 Å². The molecule has 0 bridgehead atoms.